The lowest BCUT2D eigenvalue weighted by Crippen LogP contribution is -1.99. The first-order chi connectivity index (χ1) is 6.59. The summed E-state index contributed by atoms with van der Waals surface area (Å²) < 4.78 is 1.96. The minimum atomic E-state index is 0.158. The smallest absolute Gasteiger partial charge is 0.159 e. The van der Waals surface area contributed by atoms with Crippen molar-refractivity contribution in [3.05, 3.63) is 18.1 Å². The summed E-state index contributed by atoms with van der Waals surface area (Å²) in [6.45, 7) is 4.17. The van der Waals surface area contributed by atoms with Crippen LogP contribution in [0.2, 0.25) is 0 Å². The normalized spacial score (nSPS) is 11.4. The van der Waals surface area contributed by atoms with Crippen molar-refractivity contribution in [3.63, 3.8) is 0 Å². The van der Waals surface area contributed by atoms with Gasteiger partial charge in [0.05, 0.1) is 6.20 Å². The van der Waals surface area contributed by atoms with Crippen molar-refractivity contribution in [1.29, 1.82) is 0 Å². The number of hydrogen-bond donors (Lipinski definition) is 1. The lowest BCUT2D eigenvalue weighted by Gasteiger charge is -2.03. The van der Waals surface area contributed by atoms with E-state index >= 15 is 0 Å². The highest BCUT2D eigenvalue weighted by molar-refractivity contribution is 5.72. The number of pyridine rings is 1. The fraction of sp³-hybridized carbons (Fsp3) is 0.400. The van der Waals surface area contributed by atoms with Gasteiger partial charge in [0.25, 0.3) is 0 Å². The maximum Gasteiger partial charge on any atom is 0.159 e. The van der Waals surface area contributed by atoms with Crippen molar-refractivity contribution in [2.24, 2.45) is 7.05 Å². The Morgan fingerprint density at radius 2 is 2.14 bits per heavy atom. The molecule has 2 heterocycles. The molecule has 0 unspecified atom stereocenters. The first-order valence-electron chi connectivity index (χ1n) is 4.61. The van der Waals surface area contributed by atoms with Gasteiger partial charge in [0.15, 0.2) is 5.65 Å². The summed E-state index contributed by atoms with van der Waals surface area (Å²) in [6.07, 6.45) is 1.44. The molecule has 0 aromatic carbocycles. The van der Waals surface area contributed by atoms with E-state index in [4.69, 9.17) is 0 Å². The van der Waals surface area contributed by atoms with E-state index in [2.05, 4.69) is 23.8 Å². The Balaban J connectivity index is 2.73. The van der Waals surface area contributed by atoms with Crippen molar-refractivity contribution in [2.45, 2.75) is 19.8 Å². The van der Waals surface area contributed by atoms with Gasteiger partial charge < -0.3 is 9.67 Å². The van der Waals surface area contributed by atoms with E-state index in [-0.39, 0.29) is 5.75 Å². The number of aromatic nitrogens is 3. The zero-order valence-corrected chi connectivity index (χ0v) is 8.52. The van der Waals surface area contributed by atoms with Crippen molar-refractivity contribution in [1.82, 2.24) is 14.5 Å². The lowest BCUT2D eigenvalue weighted by molar-refractivity contribution is 0.473. The fourth-order valence-electron chi connectivity index (χ4n) is 1.60. The first kappa shape index (κ1) is 8.99. The van der Waals surface area contributed by atoms with Crippen LogP contribution in [-0.4, -0.2) is 19.6 Å². The van der Waals surface area contributed by atoms with Gasteiger partial charge >= 0.3 is 0 Å². The van der Waals surface area contributed by atoms with Crippen LogP contribution in [0.1, 0.15) is 25.6 Å². The maximum atomic E-state index is 9.26. The largest absolute Gasteiger partial charge is 0.506 e. The highest BCUT2D eigenvalue weighted by atomic mass is 16.3. The summed E-state index contributed by atoms with van der Waals surface area (Å²) in [5.74, 6) is 1.50. The molecule has 4 heteroatoms. The van der Waals surface area contributed by atoms with Gasteiger partial charge in [0.2, 0.25) is 0 Å². The molecule has 4 nitrogen and oxygen atoms in total. The van der Waals surface area contributed by atoms with Crippen molar-refractivity contribution in [2.75, 3.05) is 0 Å². The van der Waals surface area contributed by atoms with Gasteiger partial charge in [-0.2, -0.15) is 0 Å². The van der Waals surface area contributed by atoms with E-state index < -0.39 is 0 Å². The van der Waals surface area contributed by atoms with E-state index in [0.717, 1.165) is 17.0 Å². The van der Waals surface area contributed by atoms with Crippen molar-refractivity contribution < 1.29 is 5.11 Å². The van der Waals surface area contributed by atoms with Gasteiger partial charge in [0, 0.05) is 19.0 Å². The molecular formula is C10H13N3O. The number of fused-ring (bicyclic) bond motifs is 1. The molecule has 0 aliphatic rings. The molecule has 0 aliphatic heterocycles. The Morgan fingerprint density at radius 1 is 1.43 bits per heavy atom. The highest BCUT2D eigenvalue weighted by Crippen LogP contribution is 2.21. The van der Waals surface area contributed by atoms with Gasteiger partial charge in [0.1, 0.15) is 17.1 Å². The van der Waals surface area contributed by atoms with Crippen LogP contribution < -0.4 is 0 Å². The SMILES string of the molecule is CC(C)c1nc2cc(O)cnc2n1C. The topological polar surface area (TPSA) is 50.9 Å². The fourth-order valence-corrected chi connectivity index (χ4v) is 1.60. The molecule has 0 bridgehead atoms. The first-order valence-corrected chi connectivity index (χ1v) is 4.61. The number of imidazole rings is 1. The molecular weight excluding hydrogens is 178 g/mol. The van der Waals surface area contributed by atoms with Gasteiger partial charge in [-0.25, -0.2) is 9.97 Å². The molecule has 0 spiro atoms. The second kappa shape index (κ2) is 2.97. The number of hydrogen-bond acceptors (Lipinski definition) is 3. The molecule has 0 saturated carbocycles. The molecule has 0 saturated heterocycles. The molecule has 0 amide bonds. The van der Waals surface area contributed by atoms with Crippen LogP contribution >= 0.6 is 0 Å². The second-order valence-electron chi connectivity index (χ2n) is 3.72. The van der Waals surface area contributed by atoms with E-state index in [1.54, 1.807) is 6.07 Å². The standard InChI is InChI=1S/C10H13N3O/c1-6(2)9-12-8-4-7(14)5-11-10(8)13(9)3/h4-6,14H,1-3H3. The molecule has 0 atom stereocenters. The molecule has 2 rings (SSSR count). The minimum Gasteiger partial charge on any atom is -0.506 e. The molecule has 0 radical (unpaired) electrons. The summed E-state index contributed by atoms with van der Waals surface area (Å²) in [6, 6.07) is 1.63. The summed E-state index contributed by atoms with van der Waals surface area (Å²) in [4.78, 5) is 8.55. The molecule has 74 valence electrons. The van der Waals surface area contributed by atoms with Gasteiger partial charge in [-0.3, -0.25) is 0 Å². The zero-order chi connectivity index (χ0) is 10.3. The average Bonchev–Trinajstić information content (AvgIpc) is 2.43. The summed E-state index contributed by atoms with van der Waals surface area (Å²) in [5, 5.41) is 9.26. The quantitative estimate of drug-likeness (QED) is 0.747. The van der Waals surface area contributed by atoms with Gasteiger partial charge in [-0.05, 0) is 0 Å². The van der Waals surface area contributed by atoms with Gasteiger partial charge in [-0.15, -0.1) is 0 Å². The Hall–Kier alpha value is -1.58. The summed E-state index contributed by atoms with van der Waals surface area (Å²) >= 11 is 0. The molecule has 0 fully saturated rings. The van der Waals surface area contributed by atoms with Crippen molar-refractivity contribution in [3.8, 4) is 5.75 Å². The lowest BCUT2D eigenvalue weighted by atomic mass is 10.2. The third-order valence-corrected chi connectivity index (χ3v) is 2.25. The second-order valence-corrected chi connectivity index (χ2v) is 3.72. The molecule has 0 aliphatic carbocycles. The van der Waals surface area contributed by atoms with Crippen LogP contribution in [0, 0.1) is 0 Å². The minimum absolute atomic E-state index is 0.158. The predicted octanol–water partition coefficient (Wildman–Crippen LogP) is 1.80. The van der Waals surface area contributed by atoms with E-state index in [9.17, 15) is 5.11 Å². The average molecular weight is 191 g/mol. The Kier molecular flexibility index (Phi) is 1.91. The van der Waals surface area contributed by atoms with Crippen LogP contribution in [0.4, 0.5) is 0 Å². The third-order valence-electron chi connectivity index (χ3n) is 2.25. The summed E-state index contributed by atoms with van der Waals surface area (Å²) in [7, 11) is 1.94. The number of aromatic hydroxyl groups is 1. The molecule has 2 aromatic heterocycles. The van der Waals surface area contributed by atoms with Crippen molar-refractivity contribution >= 4 is 11.2 Å². The Bertz CT molecular complexity index is 473. The predicted molar refractivity (Wildman–Crippen MR) is 54.3 cm³/mol. The number of aryl methyl sites for hydroxylation is 1. The number of rotatable bonds is 1. The maximum absolute atomic E-state index is 9.26. The Labute approximate surface area is 82.2 Å². The third kappa shape index (κ3) is 1.23. The zero-order valence-electron chi connectivity index (χ0n) is 8.52. The van der Waals surface area contributed by atoms with Crippen LogP contribution in [0.5, 0.6) is 5.75 Å². The van der Waals surface area contributed by atoms with Crippen LogP contribution in [0.15, 0.2) is 12.3 Å². The van der Waals surface area contributed by atoms with Gasteiger partial charge in [-0.1, -0.05) is 13.8 Å². The molecule has 14 heavy (non-hydrogen) atoms. The van der Waals surface area contributed by atoms with E-state index in [1.165, 1.54) is 6.20 Å². The van der Waals surface area contributed by atoms with E-state index in [1.807, 2.05) is 11.6 Å². The van der Waals surface area contributed by atoms with Crippen LogP contribution in [-0.2, 0) is 7.05 Å². The monoisotopic (exact) mass is 191 g/mol. The van der Waals surface area contributed by atoms with Crippen LogP contribution in [0.3, 0.4) is 0 Å². The summed E-state index contributed by atoms with van der Waals surface area (Å²) in [5.41, 5.74) is 1.56. The Morgan fingerprint density at radius 3 is 2.79 bits per heavy atom. The highest BCUT2D eigenvalue weighted by Gasteiger charge is 2.11. The molecule has 2 aromatic rings. The number of nitrogens with zero attached hydrogens (tertiary/aromatic N) is 3. The van der Waals surface area contributed by atoms with E-state index in [0.29, 0.717) is 5.92 Å². The van der Waals surface area contributed by atoms with Crippen LogP contribution in [0.25, 0.3) is 11.2 Å². The molecule has 1 N–H and O–H groups in total.